The Morgan fingerprint density at radius 1 is 1.15 bits per heavy atom. The molecule has 2 N–H and O–H groups in total. The number of halogens is 3. The van der Waals surface area contributed by atoms with Gasteiger partial charge in [-0.05, 0) is 68.5 Å². The van der Waals surface area contributed by atoms with E-state index < -0.39 is 28.7 Å². The van der Waals surface area contributed by atoms with E-state index in [0.717, 1.165) is 37.0 Å². The van der Waals surface area contributed by atoms with Gasteiger partial charge in [0.25, 0.3) is 0 Å². The van der Waals surface area contributed by atoms with Crippen molar-refractivity contribution < 1.29 is 27.5 Å². The Bertz CT molecular complexity index is 1210. The molecule has 2 heterocycles. The molecule has 8 heteroatoms. The molecule has 0 saturated heterocycles. The van der Waals surface area contributed by atoms with E-state index in [2.05, 4.69) is 10.6 Å². The molecule has 3 aliphatic rings. The number of carbonyl (C=O) groups excluding carboxylic acids is 2. The molecular formula is C25H23F3N2O3. The normalized spacial score (nSPS) is 21.0. The summed E-state index contributed by atoms with van der Waals surface area (Å²) in [5.74, 6) is -0.334. The fourth-order valence-corrected chi connectivity index (χ4v) is 4.75. The second-order valence-corrected chi connectivity index (χ2v) is 9.52. The molecule has 0 unspecified atom stereocenters. The van der Waals surface area contributed by atoms with Crippen molar-refractivity contribution in [2.45, 2.75) is 56.7 Å². The summed E-state index contributed by atoms with van der Waals surface area (Å²) in [6.07, 6.45) is -0.159. The Kier molecular flexibility index (Phi) is 4.64. The minimum Gasteiger partial charge on any atom is -0.486 e. The standard InChI is InChI=1S/C25H23F3N2O3/c1-23(2)18-7-5-16(12-19(18)30-22(23)32)29-21(31)10-14-13-24(8-3-9-24)33-20-11-15(25(26,27)28)4-6-17(14)20/h4-7,10-12H,3,8-9,13H2,1-2H3,(H,29,31)(H,30,32)/b14-10+. The summed E-state index contributed by atoms with van der Waals surface area (Å²) < 4.78 is 45.6. The lowest BCUT2D eigenvalue weighted by molar-refractivity contribution is -0.138. The van der Waals surface area contributed by atoms with Crippen LogP contribution in [0.4, 0.5) is 24.5 Å². The highest BCUT2D eigenvalue weighted by Crippen LogP contribution is 2.50. The van der Waals surface area contributed by atoms with Gasteiger partial charge in [-0.25, -0.2) is 0 Å². The first-order valence-corrected chi connectivity index (χ1v) is 10.9. The molecule has 1 fully saturated rings. The zero-order valence-corrected chi connectivity index (χ0v) is 18.2. The van der Waals surface area contributed by atoms with Gasteiger partial charge in [0, 0.05) is 29.4 Å². The summed E-state index contributed by atoms with van der Waals surface area (Å²) in [5, 5.41) is 5.63. The lowest BCUT2D eigenvalue weighted by atomic mass is 9.72. The third kappa shape index (κ3) is 3.67. The lowest BCUT2D eigenvalue weighted by Gasteiger charge is -2.46. The quantitative estimate of drug-likeness (QED) is 0.573. The van der Waals surface area contributed by atoms with Crippen LogP contribution in [0, 0.1) is 0 Å². The largest absolute Gasteiger partial charge is 0.486 e. The molecule has 2 aromatic rings. The minimum absolute atomic E-state index is 0.106. The van der Waals surface area contributed by atoms with E-state index >= 15 is 0 Å². The predicted octanol–water partition coefficient (Wildman–Crippen LogP) is 5.66. The van der Waals surface area contributed by atoms with Gasteiger partial charge in [0.1, 0.15) is 11.4 Å². The molecule has 0 bridgehead atoms. The van der Waals surface area contributed by atoms with Gasteiger partial charge in [0.2, 0.25) is 11.8 Å². The van der Waals surface area contributed by atoms with E-state index in [1.54, 1.807) is 12.1 Å². The lowest BCUT2D eigenvalue weighted by Crippen LogP contribution is -2.45. The number of rotatable bonds is 2. The van der Waals surface area contributed by atoms with Crippen molar-refractivity contribution >= 4 is 28.8 Å². The summed E-state index contributed by atoms with van der Waals surface area (Å²) in [4.78, 5) is 25.0. The molecule has 1 saturated carbocycles. The molecule has 2 aromatic carbocycles. The topological polar surface area (TPSA) is 67.4 Å². The Balaban J connectivity index is 1.43. The van der Waals surface area contributed by atoms with E-state index in [1.807, 2.05) is 19.9 Å². The van der Waals surface area contributed by atoms with E-state index in [0.29, 0.717) is 28.9 Å². The molecule has 2 aliphatic heterocycles. The van der Waals surface area contributed by atoms with E-state index in [9.17, 15) is 22.8 Å². The van der Waals surface area contributed by atoms with Crippen molar-refractivity contribution in [2.24, 2.45) is 0 Å². The highest BCUT2D eigenvalue weighted by Gasteiger charge is 2.44. The van der Waals surface area contributed by atoms with Crippen LogP contribution in [-0.2, 0) is 21.2 Å². The average molecular weight is 456 g/mol. The molecule has 1 spiro atoms. The Morgan fingerprint density at radius 3 is 2.58 bits per heavy atom. The smallest absolute Gasteiger partial charge is 0.416 e. The second-order valence-electron chi connectivity index (χ2n) is 9.52. The van der Waals surface area contributed by atoms with Crippen molar-refractivity contribution in [3.63, 3.8) is 0 Å². The summed E-state index contributed by atoms with van der Waals surface area (Å²) in [6, 6.07) is 8.65. The Labute approximate surface area is 189 Å². The number of ether oxygens (including phenoxy) is 1. The van der Waals surface area contributed by atoms with Gasteiger partial charge >= 0.3 is 6.18 Å². The SMILES string of the molecule is CC1(C)C(=O)Nc2cc(NC(=O)/C=C3\CC4(CCC4)Oc4cc(C(F)(F)F)ccc43)ccc21. The second kappa shape index (κ2) is 7.10. The summed E-state index contributed by atoms with van der Waals surface area (Å²) in [6.45, 7) is 3.67. The fraction of sp³-hybridized carbons (Fsp3) is 0.360. The van der Waals surface area contributed by atoms with Crippen LogP contribution in [0.15, 0.2) is 42.5 Å². The van der Waals surface area contributed by atoms with Gasteiger partial charge in [-0.15, -0.1) is 0 Å². The highest BCUT2D eigenvalue weighted by atomic mass is 19.4. The van der Waals surface area contributed by atoms with E-state index in [4.69, 9.17) is 4.74 Å². The molecule has 5 rings (SSSR count). The zero-order valence-electron chi connectivity index (χ0n) is 18.2. The van der Waals surface area contributed by atoms with Crippen LogP contribution in [-0.4, -0.2) is 17.4 Å². The highest BCUT2D eigenvalue weighted by molar-refractivity contribution is 6.08. The van der Waals surface area contributed by atoms with Gasteiger partial charge in [-0.3, -0.25) is 9.59 Å². The third-order valence-electron chi connectivity index (χ3n) is 6.84. The number of carbonyl (C=O) groups is 2. The monoisotopic (exact) mass is 456 g/mol. The predicted molar refractivity (Wildman–Crippen MR) is 118 cm³/mol. The van der Waals surface area contributed by atoms with Gasteiger partial charge in [0.15, 0.2) is 0 Å². The van der Waals surface area contributed by atoms with Gasteiger partial charge in [-0.2, -0.15) is 13.2 Å². The number of hydrogen-bond donors (Lipinski definition) is 2. The minimum atomic E-state index is -4.47. The van der Waals surface area contributed by atoms with Crippen LogP contribution in [0.1, 0.15) is 56.2 Å². The number of fused-ring (bicyclic) bond motifs is 2. The van der Waals surface area contributed by atoms with Gasteiger partial charge < -0.3 is 15.4 Å². The van der Waals surface area contributed by atoms with Gasteiger partial charge in [0.05, 0.1) is 11.0 Å². The number of benzene rings is 2. The number of alkyl halides is 3. The first-order valence-electron chi connectivity index (χ1n) is 10.9. The van der Waals surface area contributed by atoms with Crippen LogP contribution in [0.2, 0.25) is 0 Å². The van der Waals surface area contributed by atoms with Crippen molar-refractivity contribution in [1.82, 2.24) is 0 Å². The van der Waals surface area contributed by atoms with Crippen molar-refractivity contribution in [1.29, 1.82) is 0 Å². The van der Waals surface area contributed by atoms with E-state index in [-0.39, 0.29) is 11.7 Å². The first kappa shape index (κ1) is 21.6. The van der Waals surface area contributed by atoms with Gasteiger partial charge in [-0.1, -0.05) is 12.1 Å². The fourth-order valence-electron chi connectivity index (χ4n) is 4.75. The zero-order chi connectivity index (χ0) is 23.6. The number of amides is 2. The van der Waals surface area contributed by atoms with Crippen LogP contribution in [0.5, 0.6) is 5.75 Å². The summed E-state index contributed by atoms with van der Waals surface area (Å²) >= 11 is 0. The summed E-state index contributed by atoms with van der Waals surface area (Å²) in [5.41, 5.74) is 1.22. The molecule has 33 heavy (non-hydrogen) atoms. The van der Waals surface area contributed by atoms with Crippen molar-refractivity contribution in [2.75, 3.05) is 10.6 Å². The first-order chi connectivity index (χ1) is 15.5. The van der Waals surface area contributed by atoms with Crippen LogP contribution < -0.4 is 15.4 Å². The maximum atomic E-state index is 13.2. The molecule has 0 radical (unpaired) electrons. The van der Waals surface area contributed by atoms with Crippen LogP contribution >= 0.6 is 0 Å². The molecule has 0 atom stereocenters. The third-order valence-corrected chi connectivity index (χ3v) is 6.84. The average Bonchev–Trinajstić information content (AvgIpc) is 2.93. The molecule has 2 amide bonds. The van der Waals surface area contributed by atoms with E-state index in [1.165, 1.54) is 12.1 Å². The Hall–Kier alpha value is -3.29. The number of anilines is 2. The molecule has 0 aromatic heterocycles. The van der Waals surface area contributed by atoms with Crippen molar-refractivity contribution in [3.8, 4) is 5.75 Å². The number of hydrogen-bond acceptors (Lipinski definition) is 3. The molecule has 5 nitrogen and oxygen atoms in total. The van der Waals surface area contributed by atoms with Crippen LogP contribution in [0.25, 0.3) is 5.57 Å². The van der Waals surface area contributed by atoms with Crippen molar-refractivity contribution in [3.05, 3.63) is 59.2 Å². The Morgan fingerprint density at radius 2 is 1.91 bits per heavy atom. The molecular weight excluding hydrogens is 433 g/mol. The van der Waals surface area contributed by atoms with Crippen LogP contribution in [0.3, 0.4) is 0 Å². The number of nitrogens with one attached hydrogen (secondary N) is 2. The maximum absolute atomic E-state index is 13.2. The maximum Gasteiger partial charge on any atom is 0.416 e. The summed E-state index contributed by atoms with van der Waals surface area (Å²) in [7, 11) is 0. The molecule has 172 valence electrons. The molecule has 1 aliphatic carbocycles.